The Kier molecular flexibility index (Phi) is 6.25. The Morgan fingerprint density at radius 1 is 1.33 bits per heavy atom. The molecular weight excluding hydrogens is 270 g/mol. The Morgan fingerprint density at radius 2 is 2.14 bits per heavy atom. The molecule has 6 heteroatoms. The maximum atomic E-state index is 12.2. The van der Waals surface area contributed by atoms with E-state index in [-0.39, 0.29) is 5.56 Å². The lowest BCUT2D eigenvalue weighted by Gasteiger charge is -2.26. The van der Waals surface area contributed by atoms with Crippen LogP contribution in [0.15, 0.2) is 23.1 Å². The topological polar surface area (TPSA) is 67.5 Å². The molecule has 0 atom stereocenters. The van der Waals surface area contributed by atoms with E-state index < -0.39 is 0 Å². The molecule has 1 aliphatic heterocycles. The van der Waals surface area contributed by atoms with Gasteiger partial charge in [0.25, 0.3) is 5.56 Å². The molecule has 1 fully saturated rings. The fourth-order valence-corrected chi connectivity index (χ4v) is 2.24. The van der Waals surface area contributed by atoms with E-state index in [1.54, 1.807) is 22.9 Å². The molecule has 114 valence electrons. The lowest BCUT2D eigenvalue weighted by molar-refractivity contribution is 0.0321. The molecule has 0 aromatic carbocycles. The molecule has 1 aliphatic rings. The molecule has 1 saturated heterocycles. The van der Waals surface area contributed by atoms with E-state index in [0.717, 1.165) is 32.8 Å². The minimum atomic E-state index is -0.127. The van der Waals surface area contributed by atoms with E-state index >= 15 is 0 Å². The number of hydrogen-bond acceptors (Lipinski definition) is 5. The van der Waals surface area contributed by atoms with Crippen LogP contribution < -0.4 is 10.3 Å². The number of nitriles is 1. The fourth-order valence-electron chi connectivity index (χ4n) is 2.24. The minimum absolute atomic E-state index is 0.127. The predicted octanol–water partition coefficient (Wildman–Crippen LogP) is 0.863. The summed E-state index contributed by atoms with van der Waals surface area (Å²) in [5.41, 5.74) is -0.127. The number of rotatable bonds is 7. The summed E-state index contributed by atoms with van der Waals surface area (Å²) in [5, 5.41) is 8.53. The Hall–Kier alpha value is -1.84. The standard InChI is InChI=1S/C15H21N3O3/c16-5-1-2-6-18-7-3-4-14(15(18)19)21-13-10-17-8-11-20-12-9-17/h3-4,7H,1-2,6,8-13H2. The molecule has 0 saturated carbocycles. The number of ether oxygens (including phenoxy) is 2. The molecule has 1 aromatic rings. The van der Waals surface area contributed by atoms with E-state index in [1.807, 2.05) is 0 Å². The summed E-state index contributed by atoms with van der Waals surface area (Å²) in [4.78, 5) is 14.4. The Balaban J connectivity index is 1.83. The zero-order valence-electron chi connectivity index (χ0n) is 12.2. The summed E-state index contributed by atoms with van der Waals surface area (Å²) < 4.78 is 12.5. The summed E-state index contributed by atoms with van der Waals surface area (Å²) in [6.07, 6.45) is 2.86. The van der Waals surface area contributed by atoms with Gasteiger partial charge in [0.1, 0.15) is 6.61 Å². The van der Waals surface area contributed by atoms with E-state index in [1.165, 1.54) is 0 Å². The molecule has 0 bridgehead atoms. The summed E-state index contributed by atoms with van der Waals surface area (Å²) in [6.45, 7) is 5.19. The number of aryl methyl sites for hydroxylation is 1. The molecule has 2 heterocycles. The highest BCUT2D eigenvalue weighted by Crippen LogP contribution is 2.04. The van der Waals surface area contributed by atoms with Crippen molar-refractivity contribution in [1.29, 1.82) is 5.26 Å². The van der Waals surface area contributed by atoms with Crippen molar-refractivity contribution in [3.8, 4) is 11.8 Å². The number of morpholine rings is 1. The second kappa shape index (κ2) is 8.45. The SMILES string of the molecule is N#CCCCn1cccc(OCCN2CCOCC2)c1=O. The van der Waals surface area contributed by atoms with Gasteiger partial charge < -0.3 is 14.0 Å². The van der Waals surface area contributed by atoms with Gasteiger partial charge in [-0.3, -0.25) is 9.69 Å². The average molecular weight is 291 g/mol. The molecule has 0 aliphatic carbocycles. The van der Waals surface area contributed by atoms with Gasteiger partial charge in [-0.05, 0) is 18.6 Å². The summed E-state index contributed by atoms with van der Waals surface area (Å²) in [6, 6.07) is 5.58. The van der Waals surface area contributed by atoms with Crippen molar-refractivity contribution in [2.75, 3.05) is 39.5 Å². The van der Waals surface area contributed by atoms with Gasteiger partial charge in [-0.15, -0.1) is 0 Å². The van der Waals surface area contributed by atoms with Crippen molar-refractivity contribution < 1.29 is 9.47 Å². The first-order chi connectivity index (χ1) is 10.3. The third kappa shape index (κ3) is 4.88. The smallest absolute Gasteiger partial charge is 0.292 e. The first kappa shape index (κ1) is 15.5. The van der Waals surface area contributed by atoms with E-state index in [2.05, 4.69) is 11.0 Å². The minimum Gasteiger partial charge on any atom is -0.487 e. The van der Waals surface area contributed by atoms with Crippen molar-refractivity contribution in [3.63, 3.8) is 0 Å². The second-order valence-corrected chi connectivity index (χ2v) is 4.94. The van der Waals surface area contributed by atoms with E-state index in [9.17, 15) is 4.79 Å². The van der Waals surface area contributed by atoms with E-state index in [0.29, 0.717) is 31.7 Å². The lowest BCUT2D eigenvalue weighted by atomic mass is 10.3. The highest BCUT2D eigenvalue weighted by molar-refractivity contribution is 5.17. The van der Waals surface area contributed by atoms with Gasteiger partial charge in [0.15, 0.2) is 5.75 Å². The van der Waals surface area contributed by atoms with Crippen LogP contribution >= 0.6 is 0 Å². The van der Waals surface area contributed by atoms with Crippen LogP contribution in [0.25, 0.3) is 0 Å². The quantitative estimate of drug-likeness (QED) is 0.697. The maximum absolute atomic E-state index is 12.2. The third-order valence-corrected chi connectivity index (χ3v) is 3.44. The molecular formula is C15H21N3O3. The van der Waals surface area contributed by atoms with Crippen LogP contribution in [0.5, 0.6) is 5.75 Å². The Labute approximate surface area is 124 Å². The van der Waals surface area contributed by atoms with Crippen molar-refractivity contribution in [3.05, 3.63) is 28.7 Å². The molecule has 0 spiro atoms. The third-order valence-electron chi connectivity index (χ3n) is 3.44. The molecule has 0 amide bonds. The van der Waals surface area contributed by atoms with Crippen LogP contribution in [0.2, 0.25) is 0 Å². The average Bonchev–Trinajstić information content (AvgIpc) is 2.52. The van der Waals surface area contributed by atoms with Crippen LogP contribution in [0.4, 0.5) is 0 Å². The predicted molar refractivity (Wildman–Crippen MR) is 78.3 cm³/mol. The molecule has 1 aromatic heterocycles. The Bertz CT molecular complexity index is 530. The highest BCUT2D eigenvalue weighted by atomic mass is 16.5. The molecule has 0 N–H and O–H groups in total. The van der Waals surface area contributed by atoms with Gasteiger partial charge in [0.2, 0.25) is 0 Å². The first-order valence-corrected chi connectivity index (χ1v) is 7.30. The van der Waals surface area contributed by atoms with Crippen LogP contribution in [-0.2, 0) is 11.3 Å². The number of unbranched alkanes of at least 4 members (excludes halogenated alkanes) is 1. The van der Waals surface area contributed by atoms with Crippen LogP contribution in [0.1, 0.15) is 12.8 Å². The van der Waals surface area contributed by atoms with Crippen molar-refractivity contribution >= 4 is 0 Å². The highest BCUT2D eigenvalue weighted by Gasteiger charge is 2.10. The van der Waals surface area contributed by atoms with Crippen molar-refractivity contribution in [2.45, 2.75) is 19.4 Å². The number of aromatic nitrogens is 1. The molecule has 0 unspecified atom stereocenters. The monoisotopic (exact) mass is 291 g/mol. The summed E-state index contributed by atoms with van der Waals surface area (Å²) in [7, 11) is 0. The molecule has 2 rings (SSSR count). The zero-order chi connectivity index (χ0) is 14.9. The van der Waals surface area contributed by atoms with Crippen molar-refractivity contribution in [1.82, 2.24) is 9.47 Å². The number of nitrogens with zero attached hydrogens (tertiary/aromatic N) is 3. The summed E-state index contributed by atoms with van der Waals surface area (Å²) in [5.74, 6) is 0.378. The van der Waals surface area contributed by atoms with Crippen LogP contribution in [0.3, 0.4) is 0 Å². The van der Waals surface area contributed by atoms with Gasteiger partial charge in [-0.25, -0.2) is 0 Å². The first-order valence-electron chi connectivity index (χ1n) is 7.30. The summed E-state index contributed by atoms with van der Waals surface area (Å²) >= 11 is 0. The zero-order valence-corrected chi connectivity index (χ0v) is 12.2. The molecule has 0 radical (unpaired) electrons. The molecule has 6 nitrogen and oxygen atoms in total. The number of hydrogen-bond donors (Lipinski definition) is 0. The second-order valence-electron chi connectivity index (χ2n) is 4.94. The van der Waals surface area contributed by atoms with Gasteiger partial charge in [-0.2, -0.15) is 5.26 Å². The number of pyridine rings is 1. The Morgan fingerprint density at radius 3 is 2.90 bits per heavy atom. The fraction of sp³-hybridized carbons (Fsp3) is 0.600. The van der Waals surface area contributed by atoms with Gasteiger partial charge in [0.05, 0.1) is 19.3 Å². The van der Waals surface area contributed by atoms with E-state index in [4.69, 9.17) is 14.7 Å². The van der Waals surface area contributed by atoms with Crippen LogP contribution in [0, 0.1) is 11.3 Å². The van der Waals surface area contributed by atoms with Crippen LogP contribution in [-0.4, -0.2) is 48.9 Å². The normalized spacial score (nSPS) is 15.6. The lowest BCUT2D eigenvalue weighted by Crippen LogP contribution is -2.39. The van der Waals surface area contributed by atoms with Crippen molar-refractivity contribution in [2.24, 2.45) is 0 Å². The van der Waals surface area contributed by atoms with Gasteiger partial charge in [-0.1, -0.05) is 0 Å². The van der Waals surface area contributed by atoms with Gasteiger partial charge >= 0.3 is 0 Å². The largest absolute Gasteiger partial charge is 0.487 e. The molecule has 21 heavy (non-hydrogen) atoms. The van der Waals surface area contributed by atoms with Gasteiger partial charge in [0, 0.05) is 38.8 Å². The maximum Gasteiger partial charge on any atom is 0.292 e.